The van der Waals surface area contributed by atoms with Gasteiger partial charge in [0.2, 0.25) is 5.78 Å². The quantitative estimate of drug-likeness (QED) is 0.352. The van der Waals surface area contributed by atoms with Gasteiger partial charge in [-0.3, -0.25) is 9.59 Å². The summed E-state index contributed by atoms with van der Waals surface area (Å²) in [5.41, 5.74) is 2.51. The van der Waals surface area contributed by atoms with Crippen molar-refractivity contribution < 1.29 is 14.3 Å². The van der Waals surface area contributed by atoms with Gasteiger partial charge in [0.05, 0.1) is 5.75 Å². The summed E-state index contributed by atoms with van der Waals surface area (Å²) in [6.45, 7) is 3.59. The summed E-state index contributed by atoms with van der Waals surface area (Å²) >= 11 is 1.41. The molecule has 0 aliphatic carbocycles. The van der Waals surface area contributed by atoms with E-state index in [1.807, 2.05) is 62.4 Å². The van der Waals surface area contributed by atoms with Crippen molar-refractivity contribution in [1.29, 1.82) is 0 Å². The SMILES string of the molecule is Cc1ccc(C)c(C(=O)COC(=O)CSc2ccc3ccccc3c2)c1. The molecule has 0 aliphatic heterocycles. The lowest BCUT2D eigenvalue weighted by molar-refractivity contribution is -0.139. The number of carbonyl (C=O) groups is 2. The Bertz CT molecular complexity index is 963. The van der Waals surface area contributed by atoms with E-state index in [0.717, 1.165) is 21.4 Å². The Morgan fingerprint density at radius 2 is 1.69 bits per heavy atom. The highest BCUT2D eigenvalue weighted by Crippen LogP contribution is 2.23. The lowest BCUT2D eigenvalue weighted by atomic mass is 10.0. The molecule has 132 valence electrons. The minimum Gasteiger partial charge on any atom is -0.457 e. The average Bonchev–Trinajstić information content (AvgIpc) is 2.66. The van der Waals surface area contributed by atoms with Crippen LogP contribution >= 0.6 is 11.8 Å². The Hall–Kier alpha value is -2.59. The van der Waals surface area contributed by atoms with Gasteiger partial charge < -0.3 is 4.74 Å². The smallest absolute Gasteiger partial charge is 0.316 e. The molecule has 0 bridgehead atoms. The zero-order chi connectivity index (χ0) is 18.5. The lowest BCUT2D eigenvalue weighted by Crippen LogP contribution is -2.16. The van der Waals surface area contributed by atoms with Crippen LogP contribution in [-0.4, -0.2) is 24.1 Å². The molecule has 0 radical (unpaired) electrons. The zero-order valence-electron chi connectivity index (χ0n) is 14.8. The highest BCUT2D eigenvalue weighted by Gasteiger charge is 2.13. The molecule has 3 rings (SSSR count). The van der Waals surface area contributed by atoms with E-state index in [1.165, 1.54) is 17.1 Å². The summed E-state index contributed by atoms with van der Waals surface area (Å²) in [6.07, 6.45) is 0. The number of aryl methyl sites for hydroxylation is 2. The summed E-state index contributed by atoms with van der Waals surface area (Å²) in [7, 11) is 0. The van der Waals surface area contributed by atoms with E-state index in [9.17, 15) is 9.59 Å². The number of hydrogen-bond acceptors (Lipinski definition) is 4. The summed E-state index contributed by atoms with van der Waals surface area (Å²) < 4.78 is 5.15. The molecular weight excluding hydrogens is 344 g/mol. The Kier molecular flexibility index (Phi) is 5.74. The molecule has 0 heterocycles. The van der Waals surface area contributed by atoms with Crippen molar-refractivity contribution in [3.05, 3.63) is 77.4 Å². The number of hydrogen-bond donors (Lipinski definition) is 0. The molecule has 26 heavy (non-hydrogen) atoms. The molecule has 0 atom stereocenters. The molecule has 0 N–H and O–H groups in total. The van der Waals surface area contributed by atoms with Crippen LogP contribution in [0, 0.1) is 13.8 Å². The number of benzene rings is 3. The van der Waals surface area contributed by atoms with Crippen molar-refractivity contribution in [3.8, 4) is 0 Å². The third-order valence-corrected chi connectivity index (χ3v) is 5.10. The van der Waals surface area contributed by atoms with Gasteiger partial charge in [-0.05, 0) is 48.4 Å². The van der Waals surface area contributed by atoms with Crippen LogP contribution in [0.4, 0.5) is 0 Å². The van der Waals surface area contributed by atoms with Crippen molar-refractivity contribution in [1.82, 2.24) is 0 Å². The fourth-order valence-electron chi connectivity index (χ4n) is 2.70. The normalized spacial score (nSPS) is 10.7. The predicted octanol–water partition coefficient (Wildman–Crippen LogP) is 4.97. The number of Topliss-reactive ketones (excluding diaryl/α,β-unsaturated/α-hetero) is 1. The van der Waals surface area contributed by atoms with Gasteiger partial charge in [-0.15, -0.1) is 11.8 Å². The second-order valence-corrected chi connectivity index (χ2v) is 7.25. The Labute approximate surface area is 157 Å². The minimum atomic E-state index is -0.387. The van der Waals surface area contributed by atoms with E-state index in [4.69, 9.17) is 4.74 Å². The van der Waals surface area contributed by atoms with E-state index >= 15 is 0 Å². The predicted molar refractivity (Wildman–Crippen MR) is 106 cm³/mol. The standard InChI is InChI=1S/C22H20O3S/c1-15-7-8-16(2)20(11-15)21(23)13-25-22(24)14-26-19-10-9-17-5-3-4-6-18(17)12-19/h3-12H,13-14H2,1-2H3. The van der Waals surface area contributed by atoms with E-state index in [1.54, 1.807) is 0 Å². The molecular formula is C22H20O3S. The van der Waals surface area contributed by atoms with Crippen LogP contribution in [0.1, 0.15) is 21.5 Å². The number of thioether (sulfide) groups is 1. The first kappa shape index (κ1) is 18.2. The maximum Gasteiger partial charge on any atom is 0.316 e. The van der Waals surface area contributed by atoms with Gasteiger partial charge in [0.25, 0.3) is 0 Å². The van der Waals surface area contributed by atoms with Crippen LogP contribution in [-0.2, 0) is 9.53 Å². The largest absolute Gasteiger partial charge is 0.457 e. The molecule has 4 heteroatoms. The van der Waals surface area contributed by atoms with Gasteiger partial charge in [-0.2, -0.15) is 0 Å². The topological polar surface area (TPSA) is 43.4 Å². The Balaban J connectivity index is 1.53. The molecule has 0 aliphatic rings. The van der Waals surface area contributed by atoms with Gasteiger partial charge in [-0.1, -0.05) is 48.0 Å². The van der Waals surface area contributed by atoms with Crippen molar-refractivity contribution in [3.63, 3.8) is 0 Å². The second kappa shape index (κ2) is 8.19. The minimum absolute atomic E-state index is 0.171. The number of esters is 1. The van der Waals surface area contributed by atoms with E-state index < -0.39 is 0 Å². The Morgan fingerprint density at radius 1 is 0.923 bits per heavy atom. The van der Waals surface area contributed by atoms with Crippen LogP contribution in [0.3, 0.4) is 0 Å². The van der Waals surface area contributed by atoms with Gasteiger partial charge in [-0.25, -0.2) is 0 Å². The number of ether oxygens (including phenoxy) is 1. The van der Waals surface area contributed by atoms with Gasteiger partial charge in [0, 0.05) is 10.5 Å². The second-order valence-electron chi connectivity index (χ2n) is 6.20. The van der Waals surface area contributed by atoms with E-state index in [-0.39, 0.29) is 24.1 Å². The molecule has 0 saturated carbocycles. The summed E-state index contributed by atoms with van der Waals surface area (Å²) in [6, 6.07) is 19.8. The molecule has 3 aromatic rings. The van der Waals surface area contributed by atoms with Crippen LogP contribution in [0.2, 0.25) is 0 Å². The first-order valence-corrected chi connectivity index (χ1v) is 9.39. The van der Waals surface area contributed by atoms with Crippen molar-refractivity contribution in [2.24, 2.45) is 0 Å². The highest BCUT2D eigenvalue weighted by molar-refractivity contribution is 8.00. The van der Waals surface area contributed by atoms with Crippen LogP contribution < -0.4 is 0 Å². The van der Waals surface area contributed by atoms with Crippen molar-refractivity contribution >= 4 is 34.3 Å². The molecule has 3 aromatic carbocycles. The maximum absolute atomic E-state index is 12.3. The summed E-state index contributed by atoms with van der Waals surface area (Å²) in [5, 5.41) is 2.30. The fourth-order valence-corrected chi connectivity index (χ4v) is 3.44. The van der Waals surface area contributed by atoms with Gasteiger partial charge in [0.15, 0.2) is 6.61 Å². The van der Waals surface area contributed by atoms with Crippen LogP contribution in [0.25, 0.3) is 10.8 Å². The number of rotatable bonds is 6. The number of fused-ring (bicyclic) bond motifs is 1. The van der Waals surface area contributed by atoms with Gasteiger partial charge >= 0.3 is 5.97 Å². The molecule has 0 unspecified atom stereocenters. The first-order valence-electron chi connectivity index (χ1n) is 8.40. The maximum atomic E-state index is 12.3. The fraction of sp³-hybridized carbons (Fsp3) is 0.182. The molecule has 0 spiro atoms. The van der Waals surface area contributed by atoms with E-state index in [0.29, 0.717) is 5.56 Å². The lowest BCUT2D eigenvalue weighted by Gasteiger charge is -2.08. The molecule has 0 aromatic heterocycles. The third kappa shape index (κ3) is 4.52. The third-order valence-electron chi connectivity index (χ3n) is 4.14. The summed E-state index contributed by atoms with van der Waals surface area (Å²) in [5.74, 6) is -0.379. The number of ketones is 1. The molecule has 0 amide bonds. The van der Waals surface area contributed by atoms with Crippen molar-refractivity contribution in [2.75, 3.05) is 12.4 Å². The number of carbonyl (C=O) groups excluding carboxylic acids is 2. The highest BCUT2D eigenvalue weighted by atomic mass is 32.2. The molecule has 0 fully saturated rings. The zero-order valence-corrected chi connectivity index (χ0v) is 15.6. The van der Waals surface area contributed by atoms with E-state index in [2.05, 4.69) is 12.1 Å². The van der Waals surface area contributed by atoms with Gasteiger partial charge in [0.1, 0.15) is 0 Å². The molecule has 3 nitrogen and oxygen atoms in total. The average molecular weight is 364 g/mol. The van der Waals surface area contributed by atoms with Crippen LogP contribution in [0.15, 0.2) is 65.6 Å². The monoisotopic (exact) mass is 364 g/mol. The Morgan fingerprint density at radius 3 is 2.50 bits per heavy atom. The van der Waals surface area contributed by atoms with Crippen molar-refractivity contribution in [2.45, 2.75) is 18.7 Å². The first-order chi connectivity index (χ1) is 12.5. The molecule has 0 saturated heterocycles. The van der Waals surface area contributed by atoms with Crippen LogP contribution in [0.5, 0.6) is 0 Å². The summed E-state index contributed by atoms with van der Waals surface area (Å²) in [4.78, 5) is 25.2.